The lowest BCUT2D eigenvalue weighted by atomic mass is 9.61. The second kappa shape index (κ2) is 3.47. The van der Waals surface area contributed by atoms with E-state index >= 15 is 0 Å². The van der Waals surface area contributed by atoms with Crippen molar-refractivity contribution in [3.05, 3.63) is 71.4 Å². The first-order valence-electron chi connectivity index (χ1n) is 6.95. The summed E-state index contributed by atoms with van der Waals surface area (Å²) in [5.74, 6) is 1.31. The van der Waals surface area contributed by atoms with Crippen LogP contribution in [0.4, 0.5) is 0 Å². The Bertz CT molecular complexity index is 577. The quantitative estimate of drug-likeness (QED) is 0.578. The van der Waals surface area contributed by atoms with Crippen molar-refractivity contribution in [1.82, 2.24) is 0 Å². The van der Waals surface area contributed by atoms with Gasteiger partial charge < -0.3 is 0 Å². The zero-order chi connectivity index (χ0) is 12.2. The van der Waals surface area contributed by atoms with Crippen molar-refractivity contribution in [3.63, 3.8) is 0 Å². The largest absolute Gasteiger partial charge is 0.0764 e. The fourth-order valence-electron chi connectivity index (χ4n) is 3.97. The third-order valence-electron chi connectivity index (χ3n) is 5.02. The number of fused-ring (bicyclic) bond motifs is 5. The Kier molecular flexibility index (Phi) is 2.00. The molecule has 1 saturated carbocycles. The highest BCUT2D eigenvalue weighted by Gasteiger charge is 2.42. The van der Waals surface area contributed by atoms with Crippen LogP contribution >= 0.6 is 0 Å². The van der Waals surface area contributed by atoms with Gasteiger partial charge in [0.2, 0.25) is 0 Å². The van der Waals surface area contributed by atoms with Gasteiger partial charge in [-0.1, -0.05) is 61.6 Å². The van der Waals surface area contributed by atoms with Crippen molar-refractivity contribution >= 4 is 0 Å². The van der Waals surface area contributed by atoms with Gasteiger partial charge in [0.1, 0.15) is 0 Å². The first kappa shape index (κ1) is 10.4. The monoisotopic (exact) mass is 234 g/mol. The standard InChI is InChI=1S/C18H18/c1-18-11-4-7-17(18)16-9-8-13-5-2-3-6-14(13)15(16)10-12-18/h2-9,11,14-15H,10,12H2,1H3/t14-,15+,18-/m0/s1. The zero-order valence-corrected chi connectivity index (χ0v) is 10.8. The van der Waals surface area contributed by atoms with Crippen LogP contribution in [0.1, 0.15) is 19.8 Å². The number of rotatable bonds is 0. The maximum absolute atomic E-state index is 2.38. The van der Waals surface area contributed by atoms with Crippen LogP contribution in [0.5, 0.6) is 0 Å². The molecule has 0 unspecified atom stereocenters. The Morgan fingerprint density at radius 2 is 2.06 bits per heavy atom. The summed E-state index contributed by atoms with van der Waals surface area (Å²) in [6, 6.07) is 0. The van der Waals surface area contributed by atoms with Crippen LogP contribution in [-0.4, -0.2) is 0 Å². The zero-order valence-electron chi connectivity index (χ0n) is 10.8. The Morgan fingerprint density at radius 1 is 1.11 bits per heavy atom. The lowest BCUT2D eigenvalue weighted by Gasteiger charge is -2.43. The lowest BCUT2D eigenvalue weighted by Crippen LogP contribution is -2.32. The topological polar surface area (TPSA) is 0 Å². The molecule has 0 N–H and O–H groups in total. The molecule has 0 aliphatic heterocycles. The van der Waals surface area contributed by atoms with Gasteiger partial charge in [0.25, 0.3) is 0 Å². The van der Waals surface area contributed by atoms with Crippen molar-refractivity contribution in [1.29, 1.82) is 0 Å². The summed E-state index contributed by atoms with van der Waals surface area (Å²) in [7, 11) is 0. The molecule has 90 valence electrons. The molecule has 4 aliphatic carbocycles. The van der Waals surface area contributed by atoms with E-state index in [1.165, 1.54) is 18.4 Å². The van der Waals surface area contributed by atoms with Gasteiger partial charge >= 0.3 is 0 Å². The highest BCUT2D eigenvalue weighted by atomic mass is 14.5. The molecule has 1 fully saturated rings. The van der Waals surface area contributed by atoms with Crippen LogP contribution in [0, 0.1) is 17.3 Å². The summed E-state index contributed by atoms with van der Waals surface area (Å²) >= 11 is 0. The molecule has 0 aromatic carbocycles. The van der Waals surface area contributed by atoms with E-state index in [1.807, 2.05) is 0 Å². The average Bonchev–Trinajstić information content (AvgIpc) is 2.80. The minimum absolute atomic E-state index is 0.307. The molecule has 0 aromatic rings. The van der Waals surface area contributed by atoms with Gasteiger partial charge in [0.15, 0.2) is 0 Å². The Balaban J connectivity index is 1.82. The number of allylic oxidation sites excluding steroid dienone is 12. The van der Waals surface area contributed by atoms with Gasteiger partial charge in [0, 0.05) is 11.3 Å². The number of hydrogen-bond acceptors (Lipinski definition) is 0. The van der Waals surface area contributed by atoms with E-state index in [9.17, 15) is 0 Å². The molecule has 0 spiro atoms. The van der Waals surface area contributed by atoms with Crippen LogP contribution in [0.25, 0.3) is 0 Å². The van der Waals surface area contributed by atoms with Gasteiger partial charge in [-0.25, -0.2) is 0 Å². The fraction of sp³-hybridized carbons (Fsp3) is 0.333. The molecule has 0 radical (unpaired) electrons. The summed E-state index contributed by atoms with van der Waals surface area (Å²) < 4.78 is 0. The molecule has 18 heavy (non-hydrogen) atoms. The summed E-state index contributed by atoms with van der Waals surface area (Å²) in [5.41, 5.74) is 4.95. The second-order valence-electron chi connectivity index (χ2n) is 6.06. The normalized spacial score (nSPS) is 39.5. The second-order valence-corrected chi connectivity index (χ2v) is 6.06. The summed E-state index contributed by atoms with van der Waals surface area (Å²) in [6.07, 6.45) is 23.3. The Morgan fingerprint density at radius 3 is 3.00 bits per heavy atom. The SMILES string of the molecule is C[C@@]12C=CC=C1C1=CC=C3C=CC=C[C@@H]3[C@H]1CC2. The van der Waals surface area contributed by atoms with Crippen LogP contribution in [0.15, 0.2) is 71.4 Å². The molecule has 0 aromatic heterocycles. The fourth-order valence-corrected chi connectivity index (χ4v) is 3.97. The average molecular weight is 234 g/mol. The first-order valence-corrected chi connectivity index (χ1v) is 6.95. The third kappa shape index (κ3) is 1.26. The number of hydrogen-bond donors (Lipinski definition) is 0. The highest BCUT2D eigenvalue weighted by molar-refractivity contribution is 5.55. The van der Waals surface area contributed by atoms with Crippen molar-refractivity contribution in [2.24, 2.45) is 17.3 Å². The van der Waals surface area contributed by atoms with Crippen molar-refractivity contribution in [3.8, 4) is 0 Å². The minimum Gasteiger partial charge on any atom is -0.0764 e. The Hall–Kier alpha value is -1.56. The summed E-state index contributed by atoms with van der Waals surface area (Å²) in [5, 5.41) is 0. The van der Waals surface area contributed by atoms with E-state index < -0.39 is 0 Å². The molecule has 4 rings (SSSR count). The smallest absolute Gasteiger partial charge is 0.0110 e. The maximum atomic E-state index is 2.38. The molecule has 4 aliphatic rings. The first-order chi connectivity index (χ1) is 8.78. The van der Waals surface area contributed by atoms with Crippen molar-refractivity contribution in [2.45, 2.75) is 19.8 Å². The van der Waals surface area contributed by atoms with E-state index in [2.05, 4.69) is 61.6 Å². The van der Waals surface area contributed by atoms with Crippen molar-refractivity contribution < 1.29 is 0 Å². The molecular formula is C18H18. The molecule has 0 amide bonds. The van der Waals surface area contributed by atoms with Crippen LogP contribution < -0.4 is 0 Å². The van der Waals surface area contributed by atoms with E-state index in [0.29, 0.717) is 17.3 Å². The Labute approximate surface area is 109 Å². The van der Waals surface area contributed by atoms with Gasteiger partial charge in [-0.2, -0.15) is 0 Å². The lowest BCUT2D eigenvalue weighted by molar-refractivity contribution is 0.330. The van der Waals surface area contributed by atoms with Crippen molar-refractivity contribution in [2.75, 3.05) is 0 Å². The molecule has 0 saturated heterocycles. The predicted molar refractivity (Wildman–Crippen MR) is 76.0 cm³/mol. The van der Waals surface area contributed by atoms with E-state index in [0.717, 1.165) is 0 Å². The summed E-state index contributed by atoms with van der Waals surface area (Å²) in [6.45, 7) is 2.38. The van der Waals surface area contributed by atoms with Crippen LogP contribution in [0.3, 0.4) is 0 Å². The van der Waals surface area contributed by atoms with Gasteiger partial charge in [-0.05, 0) is 35.5 Å². The maximum Gasteiger partial charge on any atom is 0.0110 e. The molecular weight excluding hydrogens is 216 g/mol. The highest BCUT2D eigenvalue weighted by Crippen LogP contribution is 2.54. The van der Waals surface area contributed by atoms with E-state index in [1.54, 1.807) is 11.1 Å². The summed E-state index contributed by atoms with van der Waals surface area (Å²) in [4.78, 5) is 0. The van der Waals surface area contributed by atoms with Gasteiger partial charge in [0.05, 0.1) is 0 Å². The third-order valence-corrected chi connectivity index (χ3v) is 5.02. The van der Waals surface area contributed by atoms with E-state index in [4.69, 9.17) is 0 Å². The van der Waals surface area contributed by atoms with Crippen LogP contribution in [0.2, 0.25) is 0 Å². The molecule has 3 atom stereocenters. The van der Waals surface area contributed by atoms with Gasteiger partial charge in [-0.3, -0.25) is 0 Å². The van der Waals surface area contributed by atoms with Gasteiger partial charge in [-0.15, -0.1) is 0 Å². The molecule has 0 heteroatoms. The molecule has 0 nitrogen and oxygen atoms in total. The van der Waals surface area contributed by atoms with E-state index in [-0.39, 0.29) is 0 Å². The molecule has 0 bridgehead atoms. The predicted octanol–water partition coefficient (Wildman–Crippen LogP) is 4.51. The molecule has 0 heterocycles. The van der Waals surface area contributed by atoms with Crippen LogP contribution in [-0.2, 0) is 0 Å². The minimum atomic E-state index is 0.307.